The molecular formula is C14H19NO2S. The molecule has 1 atom stereocenters. The molecule has 2 rings (SSSR count). The highest BCUT2D eigenvalue weighted by Gasteiger charge is 2.17. The van der Waals surface area contributed by atoms with E-state index in [0.29, 0.717) is 10.8 Å². The van der Waals surface area contributed by atoms with Crippen molar-refractivity contribution in [3.05, 3.63) is 35.4 Å². The largest absolute Gasteiger partial charge is 0.478 e. The molecule has 0 saturated carbocycles. The van der Waals surface area contributed by atoms with Crippen molar-refractivity contribution in [2.24, 2.45) is 0 Å². The fraction of sp³-hybridized carbons (Fsp3) is 0.500. The Morgan fingerprint density at radius 2 is 2.39 bits per heavy atom. The average Bonchev–Trinajstić information content (AvgIpc) is 2.37. The second-order valence-corrected chi connectivity index (χ2v) is 6.13. The van der Waals surface area contributed by atoms with Gasteiger partial charge in [-0.2, -0.15) is 11.8 Å². The summed E-state index contributed by atoms with van der Waals surface area (Å²) in [5, 5.41) is 9.63. The van der Waals surface area contributed by atoms with Crippen LogP contribution in [0.5, 0.6) is 0 Å². The maximum atomic E-state index is 10.9. The zero-order chi connectivity index (χ0) is 13.0. The summed E-state index contributed by atoms with van der Waals surface area (Å²) < 4.78 is 0. The molecule has 0 radical (unpaired) electrons. The van der Waals surface area contributed by atoms with Crippen LogP contribution in [0.4, 0.5) is 0 Å². The monoisotopic (exact) mass is 265 g/mol. The summed E-state index contributed by atoms with van der Waals surface area (Å²) >= 11 is 1.94. The highest BCUT2D eigenvalue weighted by atomic mass is 32.2. The number of rotatable bonds is 4. The van der Waals surface area contributed by atoms with Crippen LogP contribution in [0.1, 0.15) is 28.8 Å². The van der Waals surface area contributed by atoms with E-state index < -0.39 is 5.97 Å². The highest BCUT2D eigenvalue weighted by Crippen LogP contribution is 2.25. The van der Waals surface area contributed by atoms with Gasteiger partial charge in [-0.05, 0) is 44.1 Å². The number of aromatic carboxylic acids is 1. The molecule has 0 spiro atoms. The van der Waals surface area contributed by atoms with E-state index in [2.05, 4.69) is 11.9 Å². The number of piperidine rings is 1. The molecule has 0 aliphatic carbocycles. The van der Waals surface area contributed by atoms with Gasteiger partial charge in [0.15, 0.2) is 0 Å². The number of carboxylic acids is 1. The summed E-state index contributed by atoms with van der Waals surface area (Å²) in [5.74, 6) is 0.0545. The molecule has 0 aromatic heterocycles. The van der Waals surface area contributed by atoms with Crippen molar-refractivity contribution in [3.63, 3.8) is 0 Å². The molecule has 0 bridgehead atoms. The summed E-state index contributed by atoms with van der Waals surface area (Å²) in [7, 11) is 2.16. The van der Waals surface area contributed by atoms with E-state index in [4.69, 9.17) is 5.11 Å². The predicted molar refractivity (Wildman–Crippen MR) is 75.2 cm³/mol. The Labute approximate surface area is 112 Å². The molecule has 1 aromatic rings. The summed E-state index contributed by atoms with van der Waals surface area (Å²) in [6, 6.07) is 7.26. The fourth-order valence-electron chi connectivity index (χ4n) is 2.26. The number of carbonyl (C=O) groups is 1. The summed E-state index contributed by atoms with van der Waals surface area (Å²) in [5.41, 5.74) is 1.49. The van der Waals surface area contributed by atoms with Crippen LogP contribution in [0.3, 0.4) is 0 Å². The first-order valence-corrected chi connectivity index (χ1v) is 7.32. The Morgan fingerprint density at radius 1 is 1.56 bits per heavy atom. The van der Waals surface area contributed by atoms with E-state index in [0.717, 1.165) is 17.9 Å². The molecule has 1 saturated heterocycles. The van der Waals surface area contributed by atoms with Crippen molar-refractivity contribution in [1.82, 2.24) is 4.90 Å². The van der Waals surface area contributed by atoms with E-state index in [1.807, 2.05) is 23.9 Å². The molecule has 18 heavy (non-hydrogen) atoms. The third-order valence-electron chi connectivity index (χ3n) is 3.24. The Hall–Kier alpha value is -1.00. The third kappa shape index (κ3) is 3.75. The number of carboxylic acid groups (broad SMARTS) is 1. The van der Waals surface area contributed by atoms with Crippen molar-refractivity contribution in [3.8, 4) is 0 Å². The number of thioether (sulfide) groups is 1. The van der Waals surface area contributed by atoms with Gasteiger partial charge >= 0.3 is 5.97 Å². The Kier molecular flexibility index (Phi) is 4.66. The molecule has 4 heteroatoms. The van der Waals surface area contributed by atoms with Crippen LogP contribution in [0, 0.1) is 0 Å². The van der Waals surface area contributed by atoms with Crippen LogP contribution in [0.25, 0.3) is 0 Å². The van der Waals surface area contributed by atoms with Gasteiger partial charge < -0.3 is 10.0 Å². The Balaban J connectivity index is 1.89. The van der Waals surface area contributed by atoms with Crippen LogP contribution in [-0.2, 0) is 5.75 Å². The zero-order valence-electron chi connectivity index (χ0n) is 10.6. The molecule has 1 N–H and O–H groups in total. The molecule has 0 amide bonds. The van der Waals surface area contributed by atoms with Crippen LogP contribution >= 0.6 is 11.8 Å². The van der Waals surface area contributed by atoms with Crippen LogP contribution < -0.4 is 0 Å². The Bertz CT molecular complexity index is 422. The van der Waals surface area contributed by atoms with E-state index in [-0.39, 0.29) is 0 Å². The number of benzene rings is 1. The minimum absolute atomic E-state index is 0.383. The van der Waals surface area contributed by atoms with Gasteiger partial charge in [-0.3, -0.25) is 0 Å². The van der Waals surface area contributed by atoms with Gasteiger partial charge in [-0.15, -0.1) is 0 Å². The lowest BCUT2D eigenvalue weighted by atomic mass is 10.1. The number of nitrogens with zero attached hydrogens (tertiary/aromatic N) is 1. The fourth-order valence-corrected chi connectivity index (χ4v) is 3.56. The van der Waals surface area contributed by atoms with Crippen LogP contribution in [0.15, 0.2) is 24.3 Å². The third-order valence-corrected chi connectivity index (χ3v) is 4.60. The number of hydrogen-bond donors (Lipinski definition) is 1. The SMILES string of the molecule is CN1CCCC(SCc2cccc(C(=O)O)c2)C1. The summed E-state index contributed by atoms with van der Waals surface area (Å²) in [6.07, 6.45) is 2.54. The van der Waals surface area contributed by atoms with Crippen molar-refractivity contribution >= 4 is 17.7 Å². The van der Waals surface area contributed by atoms with Crippen LogP contribution in [0.2, 0.25) is 0 Å². The topological polar surface area (TPSA) is 40.5 Å². The van der Waals surface area contributed by atoms with Gasteiger partial charge in [0.2, 0.25) is 0 Å². The molecule has 1 aliphatic rings. The van der Waals surface area contributed by atoms with Gasteiger partial charge in [0.05, 0.1) is 5.56 Å². The van der Waals surface area contributed by atoms with E-state index in [9.17, 15) is 4.79 Å². The van der Waals surface area contributed by atoms with Crippen molar-refractivity contribution in [2.75, 3.05) is 20.1 Å². The quantitative estimate of drug-likeness (QED) is 0.908. The molecule has 1 heterocycles. The van der Waals surface area contributed by atoms with Crippen molar-refractivity contribution < 1.29 is 9.90 Å². The lowest BCUT2D eigenvalue weighted by Gasteiger charge is -2.29. The standard InChI is InChI=1S/C14H19NO2S/c1-15-7-3-6-13(9-15)18-10-11-4-2-5-12(8-11)14(16)17/h2,4-5,8,13H,3,6-7,9-10H2,1H3,(H,16,17). The average molecular weight is 265 g/mol. The smallest absolute Gasteiger partial charge is 0.335 e. The lowest BCUT2D eigenvalue weighted by Crippen LogP contribution is -2.33. The normalized spacial score (nSPS) is 20.8. The first kappa shape index (κ1) is 13.4. The highest BCUT2D eigenvalue weighted by molar-refractivity contribution is 7.99. The molecule has 98 valence electrons. The minimum Gasteiger partial charge on any atom is -0.478 e. The second kappa shape index (κ2) is 6.25. The van der Waals surface area contributed by atoms with Gasteiger partial charge in [0.25, 0.3) is 0 Å². The molecule has 1 unspecified atom stereocenters. The van der Waals surface area contributed by atoms with Gasteiger partial charge in [0, 0.05) is 17.5 Å². The minimum atomic E-state index is -0.848. The lowest BCUT2D eigenvalue weighted by molar-refractivity contribution is 0.0697. The van der Waals surface area contributed by atoms with E-state index >= 15 is 0 Å². The molecule has 1 aromatic carbocycles. The molecule has 3 nitrogen and oxygen atoms in total. The van der Waals surface area contributed by atoms with Gasteiger partial charge in [-0.25, -0.2) is 4.79 Å². The maximum absolute atomic E-state index is 10.9. The maximum Gasteiger partial charge on any atom is 0.335 e. The van der Waals surface area contributed by atoms with Crippen molar-refractivity contribution in [1.29, 1.82) is 0 Å². The summed E-state index contributed by atoms with van der Waals surface area (Å²) in [6.45, 7) is 2.34. The van der Waals surface area contributed by atoms with E-state index in [1.165, 1.54) is 19.4 Å². The molecular weight excluding hydrogens is 246 g/mol. The predicted octanol–water partition coefficient (Wildman–Crippen LogP) is 2.71. The zero-order valence-corrected chi connectivity index (χ0v) is 11.4. The van der Waals surface area contributed by atoms with Gasteiger partial charge in [0.1, 0.15) is 0 Å². The Morgan fingerprint density at radius 3 is 3.11 bits per heavy atom. The number of hydrogen-bond acceptors (Lipinski definition) is 3. The van der Waals surface area contributed by atoms with Crippen LogP contribution in [-0.4, -0.2) is 41.4 Å². The summed E-state index contributed by atoms with van der Waals surface area (Å²) in [4.78, 5) is 13.3. The number of likely N-dealkylation sites (tertiary alicyclic amines) is 1. The molecule has 1 fully saturated rings. The molecule has 1 aliphatic heterocycles. The first-order chi connectivity index (χ1) is 8.65. The van der Waals surface area contributed by atoms with Crippen molar-refractivity contribution in [2.45, 2.75) is 23.8 Å². The van der Waals surface area contributed by atoms with E-state index in [1.54, 1.807) is 12.1 Å². The van der Waals surface area contributed by atoms with Gasteiger partial charge in [-0.1, -0.05) is 12.1 Å². The first-order valence-electron chi connectivity index (χ1n) is 6.27. The second-order valence-electron chi connectivity index (χ2n) is 4.84.